The highest BCUT2D eigenvalue weighted by molar-refractivity contribution is 7.99. The van der Waals surface area contributed by atoms with Crippen molar-refractivity contribution in [1.29, 1.82) is 5.26 Å². The summed E-state index contributed by atoms with van der Waals surface area (Å²) < 4.78 is 13.2. The SMILES string of the molecule is COc1ccc(-c2nnc(SCC(=O)Nc3sc4c(c3C#N)CCC4)n2C[C@H]2CCCO2)cc1. The van der Waals surface area contributed by atoms with Gasteiger partial charge in [-0.1, -0.05) is 11.8 Å². The molecule has 0 bridgehead atoms. The highest BCUT2D eigenvalue weighted by Crippen LogP contribution is 2.38. The van der Waals surface area contributed by atoms with Gasteiger partial charge in [0.1, 0.15) is 16.8 Å². The van der Waals surface area contributed by atoms with Gasteiger partial charge in [0.25, 0.3) is 0 Å². The number of anilines is 1. The van der Waals surface area contributed by atoms with Crippen LogP contribution in [0.5, 0.6) is 5.75 Å². The highest BCUT2D eigenvalue weighted by Gasteiger charge is 2.25. The van der Waals surface area contributed by atoms with Crippen molar-refractivity contribution in [2.75, 3.05) is 24.8 Å². The minimum absolute atomic E-state index is 0.105. The van der Waals surface area contributed by atoms with Crippen LogP contribution in [0.3, 0.4) is 0 Å². The Kier molecular flexibility index (Phi) is 6.85. The fourth-order valence-corrected chi connectivity index (χ4v) is 6.41. The van der Waals surface area contributed by atoms with E-state index in [0.29, 0.717) is 22.3 Å². The first-order valence-electron chi connectivity index (χ1n) is 11.3. The first-order chi connectivity index (χ1) is 16.7. The third-order valence-corrected chi connectivity index (χ3v) is 8.27. The summed E-state index contributed by atoms with van der Waals surface area (Å²) in [6.07, 6.45) is 5.12. The second-order valence-electron chi connectivity index (χ2n) is 8.29. The normalized spacial score (nSPS) is 16.9. The molecule has 0 saturated carbocycles. The van der Waals surface area contributed by atoms with Gasteiger partial charge in [-0.2, -0.15) is 5.26 Å². The Hall–Kier alpha value is -2.87. The first-order valence-corrected chi connectivity index (χ1v) is 13.1. The van der Waals surface area contributed by atoms with Crippen LogP contribution in [-0.2, 0) is 28.9 Å². The Labute approximate surface area is 206 Å². The summed E-state index contributed by atoms with van der Waals surface area (Å²) >= 11 is 2.87. The van der Waals surface area contributed by atoms with Crippen LogP contribution in [0.1, 0.15) is 35.3 Å². The number of amides is 1. The van der Waals surface area contributed by atoms with E-state index in [1.165, 1.54) is 28.0 Å². The number of ether oxygens (including phenoxy) is 2. The molecule has 1 fully saturated rings. The van der Waals surface area contributed by atoms with E-state index in [1.807, 2.05) is 28.8 Å². The minimum atomic E-state index is -0.154. The maximum absolute atomic E-state index is 12.8. The molecule has 1 atom stereocenters. The summed E-state index contributed by atoms with van der Waals surface area (Å²) in [5, 5.41) is 22.7. The molecule has 176 valence electrons. The van der Waals surface area contributed by atoms with E-state index < -0.39 is 0 Å². The maximum Gasteiger partial charge on any atom is 0.235 e. The molecule has 8 nitrogen and oxygen atoms in total. The van der Waals surface area contributed by atoms with Crippen LogP contribution in [0.25, 0.3) is 11.4 Å². The fraction of sp³-hybridized carbons (Fsp3) is 0.417. The van der Waals surface area contributed by atoms with Crippen LogP contribution in [0.4, 0.5) is 5.00 Å². The molecule has 34 heavy (non-hydrogen) atoms. The number of nitrogens with one attached hydrogen (secondary N) is 1. The number of aryl methyl sites for hydroxylation is 1. The van der Waals surface area contributed by atoms with Crippen molar-refractivity contribution in [3.8, 4) is 23.2 Å². The van der Waals surface area contributed by atoms with Crippen molar-refractivity contribution >= 4 is 34.0 Å². The Morgan fingerprint density at radius 2 is 2.18 bits per heavy atom. The number of carbonyl (C=O) groups is 1. The minimum Gasteiger partial charge on any atom is -0.497 e. The van der Waals surface area contributed by atoms with Crippen LogP contribution < -0.4 is 10.1 Å². The zero-order valence-corrected chi connectivity index (χ0v) is 20.5. The van der Waals surface area contributed by atoms with Gasteiger partial charge in [-0.05, 0) is 61.9 Å². The Morgan fingerprint density at radius 3 is 2.91 bits per heavy atom. The van der Waals surface area contributed by atoms with Gasteiger partial charge in [-0.15, -0.1) is 21.5 Å². The van der Waals surface area contributed by atoms with Crippen LogP contribution in [0.2, 0.25) is 0 Å². The third-order valence-electron chi connectivity index (χ3n) is 6.09. The van der Waals surface area contributed by atoms with E-state index in [2.05, 4.69) is 21.6 Å². The van der Waals surface area contributed by atoms with Crippen molar-refractivity contribution < 1.29 is 14.3 Å². The quantitative estimate of drug-likeness (QED) is 0.465. The van der Waals surface area contributed by atoms with Crippen molar-refractivity contribution in [2.24, 2.45) is 0 Å². The van der Waals surface area contributed by atoms with E-state index in [4.69, 9.17) is 9.47 Å². The smallest absolute Gasteiger partial charge is 0.235 e. The van der Waals surface area contributed by atoms with Gasteiger partial charge in [0.05, 0.1) is 31.1 Å². The van der Waals surface area contributed by atoms with Crippen molar-refractivity contribution in [3.63, 3.8) is 0 Å². The van der Waals surface area contributed by atoms with Gasteiger partial charge < -0.3 is 14.8 Å². The van der Waals surface area contributed by atoms with Crippen molar-refractivity contribution in [2.45, 2.75) is 49.9 Å². The number of hydrogen-bond donors (Lipinski definition) is 1. The fourth-order valence-electron chi connectivity index (χ4n) is 4.41. The predicted molar refractivity (Wildman–Crippen MR) is 131 cm³/mol. The number of thioether (sulfide) groups is 1. The van der Waals surface area contributed by atoms with E-state index in [1.54, 1.807) is 7.11 Å². The Bertz CT molecular complexity index is 1220. The lowest BCUT2D eigenvalue weighted by Crippen LogP contribution is -2.18. The van der Waals surface area contributed by atoms with E-state index in [-0.39, 0.29) is 17.8 Å². The number of methoxy groups -OCH3 is 1. The highest BCUT2D eigenvalue weighted by atomic mass is 32.2. The maximum atomic E-state index is 12.8. The Balaban J connectivity index is 1.32. The number of carbonyl (C=O) groups excluding carboxylic acids is 1. The molecule has 0 unspecified atom stereocenters. The van der Waals surface area contributed by atoms with Crippen LogP contribution in [0, 0.1) is 11.3 Å². The largest absolute Gasteiger partial charge is 0.497 e. The summed E-state index contributed by atoms with van der Waals surface area (Å²) in [6, 6.07) is 9.97. The average molecular weight is 496 g/mol. The molecule has 3 heterocycles. The van der Waals surface area contributed by atoms with Gasteiger partial charge in [-0.25, -0.2) is 0 Å². The third kappa shape index (κ3) is 4.69. The van der Waals surface area contributed by atoms with Crippen LogP contribution in [-0.4, -0.2) is 46.2 Å². The number of hydrogen-bond acceptors (Lipinski definition) is 8. The molecule has 1 aliphatic heterocycles. The number of fused-ring (bicyclic) bond motifs is 1. The lowest BCUT2D eigenvalue weighted by atomic mass is 10.1. The zero-order chi connectivity index (χ0) is 23.5. The zero-order valence-electron chi connectivity index (χ0n) is 18.9. The molecule has 1 amide bonds. The van der Waals surface area contributed by atoms with Gasteiger partial charge in [-0.3, -0.25) is 9.36 Å². The second kappa shape index (κ2) is 10.2. The molecule has 2 aliphatic rings. The van der Waals surface area contributed by atoms with E-state index in [0.717, 1.165) is 61.4 Å². The lowest BCUT2D eigenvalue weighted by molar-refractivity contribution is -0.113. The molecule has 1 aliphatic carbocycles. The molecule has 10 heteroatoms. The van der Waals surface area contributed by atoms with Crippen molar-refractivity contribution in [1.82, 2.24) is 14.8 Å². The molecule has 1 N–H and O–H groups in total. The molecule has 5 rings (SSSR count). The number of benzene rings is 1. The molecule has 0 radical (unpaired) electrons. The molecule has 0 spiro atoms. The molecular weight excluding hydrogens is 470 g/mol. The number of nitrogens with zero attached hydrogens (tertiary/aromatic N) is 4. The average Bonchev–Trinajstić information content (AvgIpc) is 3.64. The molecule has 3 aromatic rings. The lowest BCUT2D eigenvalue weighted by Gasteiger charge is -2.15. The van der Waals surface area contributed by atoms with Gasteiger partial charge >= 0.3 is 0 Å². The summed E-state index contributed by atoms with van der Waals surface area (Å²) in [7, 11) is 1.64. The topological polar surface area (TPSA) is 102 Å². The Morgan fingerprint density at radius 1 is 1.32 bits per heavy atom. The summed E-state index contributed by atoms with van der Waals surface area (Å²) in [5.41, 5.74) is 2.66. The molecular formula is C24H25N5O3S2. The summed E-state index contributed by atoms with van der Waals surface area (Å²) in [5.74, 6) is 1.54. The molecule has 1 aromatic carbocycles. The van der Waals surface area contributed by atoms with Crippen molar-refractivity contribution in [3.05, 3.63) is 40.3 Å². The molecule has 2 aromatic heterocycles. The van der Waals surface area contributed by atoms with Gasteiger partial charge in [0, 0.05) is 17.0 Å². The summed E-state index contributed by atoms with van der Waals surface area (Å²) in [6.45, 7) is 1.40. The van der Waals surface area contributed by atoms with Gasteiger partial charge in [0.2, 0.25) is 5.91 Å². The summed E-state index contributed by atoms with van der Waals surface area (Å²) in [4.78, 5) is 14.0. The van der Waals surface area contributed by atoms with E-state index >= 15 is 0 Å². The monoisotopic (exact) mass is 495 g/mol. The van der Waals surface area contributed by atoms with E-state index in [9.17, 15) is 10.1 Å². The number of rotatable bonds is 8. The standard InChI is InChI=1S/C24H25N5O3S2/c1-31-16-9-7-15(8-10-16)22-27-28-24(29(22)13-17-4-3-11-32-17)33-14-21(30)26-23-19(12-25)18-5-2-6-20(18)34-23/h7-10,17H,2-6,11,13-14H2,1H3,(H,26,30)/t17-/m1/s1. The molecule has 1 saturated heterocycles. The van der Waals surface area contributed by atoms with Crippen LogP contribution >= 0.6 is 23.1 Å². The second-order valence-corrected chi connectivity index (χ2v) is 10.3. The van der Waals surface area contributed by atoms with Gasteiger partial charge in [0.15, 0.2) is 11.0 Å². The first kappa shape index (κ1) is 22.9. The number of thiophene rings is 1. The number of aromatic nitrogens is 3. The number of nitriles is 1. The predicted octanol–water partition coefficient (Wildman–Crippen LogP) is 4.29. The van der Waals surface area contributed by atoms with Crippen LogP contribution in [0.15, 0.2) is 29.4 Å².